The summed E-state index contributed by atoms with van der Waals surface area (Å²) in [6.07, 6.45) is 0. The quantitative estimate of drug-likeness (QED) is 0.478. The van der Waals surface area contributed by atoms with Crippen molar-refractivity contribution in [3.8, 4) is 0 Å². The van der Waals surface area contributed by atoms with Gasteiger partial charge in [-0.15, -0.1) is 0 Å². The van der Waals surface area contributed by atoms with Crippen LogP contribution >= 0.6 is 0 Å². The SMILES string of the molecule is COCCNC(=O)CN(C)C(=O)C(C)=C1CNC1. The molecule has 2 N–H and O–H groups in total. The van der Waals surface area contributed by atoms with E-state index in [1.54, 1.807) is 21.1 Å². The predicted octanol–water partition coefficient (Wildman–Crippen LogP) is -0.873. The third-order valence-electron chi connectivity index (χ3n) is 2.88. The van der Waals surface area contributed by atoms with Gasteiger partial charge in [-0.1, -0.05) is 0 Å². The van der Waals surface area contributed by atoms with Crippen molar-refractivity contribution in [1.82, 2.24) is 15.5 Å². The summed E-state index contributed by atoms with van der Waals surface area (Å²) in [6, 6.07) is 0. The molecule has 1 heterocycles. The van der Waals surface area contributed by atoms with E-state index < -0.39 is 0 Å². The lowest BCUT2D eigenvalue weighted by Crippen LogP contribution is -2.42. The van der Waals surface area contributed by atoms with E-state index in [1.807, 2.05) is 0 Å². The number of likely N-dealkylation sites (N-methyl/N-ethyl adjacent to an activating group) is 1. The van der Waals surface area contributed by atoms with Crippen LogP contribution in [0.15, 0.2) is 11.1 Å². The van der Waals surface area contributed by atoms with Gasteiger partial charge in [0.15, 0.2) is 0 Å². The molecule has 2 amide bonds. The van der Waals surface area contributed by atoms with Crippen LogP contribution in [0.5, 0.6) is 0 Å². The van der Waals surface area contributed by atoms with Gasteiger partial charge in [0.1, 0.15) is 0 Å². The van der Waals surface area contributed by atoms with Gasteiger partial charge in [0.25, 0.3) is 0 Å². The molecule has 0 aromatic rings. The van der Waals surface area contributed by atoms with Gasteiger partial charge in [-0.2, -0.15) is 0 Å². The fourth-order valence-corrected chi connectivity index (χ4v) is 1.59. The van der Waals surface area contributed by atoms with E-state index in [2.05, 4.69) is 10.6 Å². The number of amides is 2. The monoisotopic (exact) mass is 255 g/mol. The first kappa shape index (κ1) is 14.7. The Morgan fingerprint density at radius 3 is 2.61 bits per heavy atom. The maximum Gasteiger partial charge on any atom is 0.249 e. The van der Waals surface area contributed by atoms with Crippen molar-refractivity contribution in [1.29, 1.82) is 0 Å². The molecule has 1 fully saturated rings. The van der Waals surface area contributed by atoms with Gasteiger partial charge in [-0.3, -0.25) is 9.59 Å². The lowest BCUT2D eigenvalue weighted by molar-refractivity contribution is -0.132. The third kappa shape index (κ3) is 4.12. The number of carbonyl (C=O) groups excluding carboxylic acids is 2. The van der Waals surface area contributed by atoms with Crippen LogP contribution in [0.2, 0.25) is 0 Å². The second-order valence-corrected chi connectivity index (χ2v) is 4.34. The Bertz CT molecular complexity index is 346. The number of rotatable bonds is 6. The molecule has 6 nitrogen and oxygen atoms in total. The fraction of sp³-hybridized carbons (Fsp3) is 0.667. The maximum atomic E-state index is 12.0. The van der Waals surface area contributed by atoms with Crippen molar-refractivity contribution < 1.29 is 14.3 Å². The molecular weight excluding hydrogens is 234 g/mol. The summed E-state index contributed by atoms with van der Waals surface area (Å²) in [5.41, 5.74) is 1.85. The molecule has 0 radical (unpaired) electrons. The average Bonchev–Trinajstić information content (AvgIpc) is 2.25. The summed E-state index contributed by atoms with van der Waals surface area (Å²) >= 11 is 0. The first-order valence-electron chi connectivity index (χ1n) is 5.96. The van der Waals surface area contributed by atoms with Crippen LogP contribution in [0, 0.1) is 0 Å². The molecule has 1 aliphatic rings. The van der Waals surface area contributed by atoms with E-state index in [-0.39, 0.29) is 18.4 Å². The summed E-state index contributed by atoms with van der Waals surface area (Å²) in [6.45, 7) is 4.34. The summed E-state index contributed by atoms with van der Waals surface area (Å²) < 4.78 is 4.83. The highest BCUT2D eigenvalue weighted by Crippen LogP contribution is 2.10. The van der Waals surface area contributed by atoms with E-state index in [9.17, 15) is 9.59 Å². The fourth-order valence-electron chi connectivity index (χ4n) is 1.59. The molecule has 18 heavy (non-hydrogen) atoms. The Labute approximate surface area is 107 Å². The topological polar surface area (TPSA) is 70.7 Å². The van der Waals surface area contributed by atoms with Crippen molar-refractivity contribution in [2.24, 2.45) is 0 Å². The molecule has 1 saturated heterocycles. The smallest absolute Gasteiger partial charge is 0.249 e. The molecule has 6 heteroatoms. The molecular formula is C12H21N3O3. The van der Waals surface area contributed by atoms with E-state index in [0.29, 0.717) is 13.2 Å². The Morgan fingerprint density at radius 1 is 1.44 bits per heavy atom. The summed E-state index contributed by atoms with van der Waals surface area (Å²) in [4.78, 5) is 24.9. The van der Waals surface area contributed by atoms with Crippen molar-refractivity contribution in [2.45, 2.75) is 6.92 Å². The Hall–Kier alpha value is -1.40. The predicted molar refractivity (Wildman–Crippen MR) is 68.1 cm³/mol. The lowest BCUT2D eigenvalue weighted by atomic mass is 10.0. The number of methoxy groups -OCH3 is 1. The average molecular weight is 255 g/mol. The molecule has 1 aliphatic heterocycles. The first-order chi connectivity index (χ1) is 8.56. The van der Waals surface area contributed by atoms with Gasteiger partial charge >= 0.3 is 0 Å². The van der Waals surface area contributed by atoms with E-state index in [1.165, 1.54) is 4.90 Å². The van der Waals surface area contributed by atoms with Crippen LogP contribution in [-0.4, -0.2) is 63.7 Å². The second kappa shape index (κ2) is 7.13. The number of nitrogens with zero attached hydrogens (tertiary/aromatic N) is 1. The molecule has 1 rings (SSSR count). The number of hydrogen-bond donors (Lipinski definition) is 2. The number of nitrogens with one attached hydrogen (secondary N) is 2. The largest absolute Gasteiger partial charge is 0.383 e. The molecule has 102 valence electrons. The van der Waals surface area contributed by atoms with Crippen LogP contribution in [0.1, 0.15) is 6.92 Å². The van der Waals surface area contributed by atoms with Crippen molar-refractivity contribution in [3.63, 3.8) is 0 Å². The Kier molecular flexibility index (Phi) is 5.80. The zero-order valence-corrected chi connectivity index (χ0v) is 11.2. The van der Waals surface area contributed by atoms with Gasteiger partial charge in [0.2, 0.25) is 11.8 Å². The highest BCUT2D eigenvalue weighted by molar-refractivity contribution is 5.96. The maximum absolute atomic E-state index is 12.0. The zero-order valence-electron chi connectivity index (χ0n) is 11.2. The highest BCUT2D eigenvalue weighted by atomic mass is 16.5. The van der Waals surface area contributed by atoms with Crippen molar-refractivity contribution in [2.75, 3.05) is 46.9 Å². The zero-order chi connectivity index (χ0) is 13.5. The molecule has 0 atom stereocenters. The normalized spacial score (nSPS) is 13.8. The molecule has 0 aromatic carbocycles. The number of hydrogen-bond acceptors (Lipinski definition) is 4. The van der Waals surface area contributed by atoms with Gasteiger partial charge in [-0.25, -0.2) is 0 Å². The van der Waals surface area contributed by atoms with Crippen molar-refractivity contribution >= 4 is 11.8 Å². The minimum Gasteiger partial charge on any atom is -0.383 e. The minimum atomic E-state index is -0.174. The van der Waals surface area contributed by atoms with Crippen molar-refractivity contribution in [3.05, 3.63) is 11.1 Å². The van der Waals surface area contributed by atoms with Crippen LogP contribution in [0.3, 0.4) is 0 Å². The van der Waals surface area contributed by atoms with Crippen LogP contribution in [0.25, 0.3) is 0 Å². The summed E-state index contributed by atoms with van der Waals surface area (Å²) in [7, 11) is 3.21. The molecule has 0 aliphatic carbocycles. The first-order valence-corrected chi connectivity index (χ1v) is 5.96. The summed E-state index contributed by atoms with van der Waals surface area (Å²) in [5, 5.41) is 5.77. The van der Waals surface area contributed by atoms with Gasteiger partial charge in [0, 0.05) is 39.4 Å². The van der Waals surface area contributed by atoms with Crippen LogP contribution in [0.4, 0.5) is 0 Å². The second-order valence-electron chi connectivity index (χ2n) is 4.34. The molecule has 0 saturated carbocycles. The van der Waals surface area contributed by atoms with E-state index in [0.717, 1.165) is 24.2 Å². The molecule has 0 spiro atoms. The standard InChI is InChI=1S/C12H21N3O3/c1-9(10-6-13-7-10)12(17)15(2)8-11(16)14-4-5-18-3/h13H,4-8H2,1-3H3,(H,14,16). The Morgan fingerprint density at radius 2 is 2.11 bits per heavy atom. The lowest BCUT2D eigenvalue weighted by Gasteiger charge is -2.24. The third-order valence-corrected chi connectivity index (χ3v) is 2.88. The molecule has 0 bridgehead atoms. The van der Waals surface area contributed by atoms with E-state index in [4.69, 9.17) is 4.74 Å². The number of carbonyl (C=O) groups is 2. The Balaban J connectivity index is 2.37. The van der Waals surface area contributed by atoms with Gasteiger partial charge in [-0.05, 0) is 12.5 Å². The van der Waals surface area contributed by atoms with E-state index >= 15 is 0 Å². The highest BCUT2D eigenvalue weighted by Gasteiger charge is 2.20. The number of ether oxygens (including phenoxy) is 1. The van der Waals surface area contributed by atoms with Gasteiger partial charge < -0.3 is 20.3 Å². The molecule has 0 aromatic heterocycles. The summed E-state index contributed by atoms with van der Waals surface area (Å²) in [5.74, 6) is -0.263. The van der Waals surface area contributed by atoms with Crippen LogP contribution < -0.4 is 10.6 Å². The molecule has 0 unspecified atom stereocenters. The van der Waals surface area contributed by atoms with Gasteiger partial charge in [0.05, 0.1) is 13.2 Å². The van der Waals surface area contributed by atoms with Crippen LogP contribution in [-0.2, 0) is 14.3 Å². The minimum absolute atomic E-state index is 0.0700.